The van der Waals surface area contributed by atoms with E-state index in [2.05, 4.69) is 22.4 Å². The van der Waals surface area contributed by atoms with Gasteiger partial charge in [-0.2, -0.15) is 0 Å². The van der Waals surface area contributed by atoms with Crippen molar-refractivity contribution < 1.29 is 9.59 Å². The highest BCUT2D eigenvalue weighted by molar-refractivity contribution is 5.93. The zero-order valence-electron chi connectivity index (χ0n) is 14.2. The molecule has 2 aromatic rings. The standard InChI is InChI=1S/C20H21N3O2/c1-13-5-4-8-18(21-13)20(25)22-16-11-19(24)23(12-16)17-9-14-6-2-3-7-15(14)10-17/h2-8,16-17H,9-12H2,1H3,(H,22,25)/t16-/m1/s1. The van der Waals surface area contributed by atoms with Crippen LogP contribution in [-0.4, -0.2) is 40.3 Å². The van der Waals surface area contributed by atoms with Gasteiger partial charge in [-0.25, -0.2) is 4.98 Å². The number of nitrogens with zero attached hydrogens (tertiary/aromatic N) is 2. The summed E-state index contributed by atoms with van der Waals surface area (Å²) in [6.45, 7) is 2.43. The molecule has 128 valence electrons. The smallest absolute Gasteiger partial charge is 0.270 e. The van der Waals surface area contributed by atoms with E-state index in [9.17, 15) is 9.59 Å². The fourth-order valence-electron chi connectivity index (χ4n) is 3.87. The van der Waals surface area contributed by atoms with Gasteiger partial charge >= 0.3 is 0 Å². The molecule has 2 amide bonds. The minimum Gasteiger partial charge on any atom is -0.346 e. The molecule has 1 saturated heterocycles. The minimum atomic E-state index is -0.210. The molecular weight excluding hydrogens is 314 g/mol. The lowest BCUT2D eigenvalue weighted by atomic mass is 10.1. The topological polar surface area (TPSA) is 62.3 Å². The number of pyridine rings is 1. The number of aryl methyl sites for hydroxylation is 1. The molecule has 2 aliphatic rings. The maximum Gasteiger partial charge on any atom is 0.270 e. The highest BCUT2D eigenvalue weighted by atomic mass is 16.2. The number of hydrogen-bond donors (Lipinski definition) is 1. The van der Waals surface area contributed by atoms with E-state index in [1.807, 2.05) is 36.1 Å². The number of carbonyl (C=O) groups is 2. The summed E-state index contributed by atoms with van der Waals surface area (Å²) < 4.78 is 0. The van der Waals surface area contributed by atoms with Gasteiger partial charge in [0.05, 0.1) is 6.04 Å². The molecule has 4 rings (SSSR count). The molecule has 1 aliphatic heterocycles. The normalized spacial score (nSPS) is 20.0. The van der Waals surface area contributed by atoms with Gasteiger partial charge in [-0.3, -0.25) is 9.59 Å². The van der Waals surface area contributed by atoms with Gasteiger partial charge in [0, 0.05) is 24.7 Å². The van der Waals surface area contributed by atoms with Crippen molar-refractivity contribution in [2.75, 3.05) is 6.54 Å². The van der Waals surface area contributed by atoms with Crippen molar-refractivity contribution in [3.8, 4) is 0 Å². The number of carbonyl (C=O) groups excluding carboxylic acids is 2. The van der Waals surface area contributed by atoms with Gasteiger partial charge in [0.25, 0.3) is 5.91 Å². The molecule has 0 radical (unpaired) electrons. The van der Waals surface area contributed by atoms with Crippen molar-refractivity contribution in [2.24, 2.45) is 0 Å². The second-order valence-electron chi connectivity index (χ2n) is 6.92. The first-order chi connectivity index (χ1) is 12.1. The maximum atomic E-state index is 12.5. The first kappa shape index (κ1) is 15.8. The zero-order chi connectivity index (χ0) is 17.4. The average molecular weight is 335 g/mol. The summed E-state index contributed by atoms with van der Waals surface area (Å²) in [5.74, 6) is -0.0848. The van der Waals surface area contributed by atoms with Crippen LogP contribution in [0.2, 0.25) is 0 Å². The number of fused-ring (bicyclic) bond motifs is 1. The van der Waals surface area contributed by atoms with Crippen LogP contribution in [-0.2, 0) is 17.6 Å². The molecule has 1 N–H and O–H groups in total. The molecule has 1 aromatic carbocycles. The van der Waals surface area contributed by atoms with Gasteiger partial charge in [0.1, 0.15) is 5.69 Å². The van der Waals surface area contributed by atoms with E-state index in [4.69, 9.17) is 0 Å². The summed E-state index contributed by atoms with van der Waals surface area (Å²) in [5.41, 5.74) is 3.87. The summed E-state index contributed by atoms with van der Waals surface area (Å²) in [4.78, 5) is 31.0. The average Bonchev–Trinajstić information content (AvgIpc) is 3.17. The number of aromatic nitrogens is 1. The first-order valence-corrected chi connectivity index (χ1v) is 8.71. The predicted molar refractivity (Wildman–Crippen MR) is 94.2 cm³/mol. The van der Waals surface area contributed by atoms with Crippen LogP contribution in [0.4, 0.5) is 0 Å². The van der Waals surface area contributed by atoms with Crippen LogP contribution in [0.1, 0.15) is 33.7 Å². The monoisotopic (exact) mass is 335 g/mol. The van der Waals surface area contributed by atoms with Crippen molar-refractivity contribution in [3.05, 3.63) is 65.0 Å². The summed E-state index contributed by atoms with van der Waals surface area (Å²) >= 11 is 0. The number of rotatable bonds is 3. The molecule has 2 heterocycles. The molecule has 1 atom stereocenters. The highest BCUT2D eigenvalue weighted by Crippen LogP contribution is 2.28. The van der Waals surface area contributed by atoms with Crippen molar-refractivity contribution in [3.63, 3.8) is 0 Å². The van der Waals surface area contributed by atoms with Gasteiger partial charge in [-0.1, -0.05) is 30.3 Å². The van der Waals surface area contributed by atoms with Crippen LogP contribution in [0, 0.1) is 6.92 Å². The Labute approximate surface area is 147 Å². The lowest BCUT2D eigenvalue weighted by Crippen LogP contribution is -2.41. The number of hydrogen-bond acceptors (Lipinski definition) is 3. The van der Waals surface area contributed by atoms with E-state index in [0.29, 0.717) is 18.7 Å². The van der Waals surface area contributed by atoms with Crippen LogP contribution >= 0.6 is 0 Å². The third-order valence-electron chi connectivity index (χ3n) is 5.08. The SMILES string of the molecule is Cc1cccc(C(=O)N[C@@H]2CC(=O)N(C3Cc4ccccc4C3)C2)n1. The first-order valence-electron chi connectivity index (χ1n) is 8.71. The molecule has 0 saturated carbocycles. The molecule has 1 aromatic heterocycles. The zero-order valence-corrected chi connectivity index (χ0v) is 14.2. The van der Waals surface area contributed by atoms with Gasteiger partial charge in [-0.15, -0.1) is 0 Å². The maximum absolute atomic E-state index is 12.5. The third-order valence-corrected chi connectivity index (χ3v) is 5.08. The third kappa shape index (κ3) is 3.14. The van der Waals surface area contributed by atoms with Gasteiger partial charge in [0.15, 0.2) is 0 Å². The molecule has 0 bridgehead atoms. The number of benzene rings is 1. The van der Waals surface area contributed by atoms with Crippen molar-refractivity contribution in [2.45, 2.75) is 38.3 Å². The fourth-order valence-corrected chi connectivity index (χ4v) is 3.87. The van der Waals surface area contributed by atoms with E-state index in [1.165, 1.54) is 11.1 Å². The largest absolute Gasteiger partial charge is 0.346 e. The molecule has 5 heteroatoms. The lowest BCUT2D eigenvalue weighted by molar-refractivity contribution is -0.129. The predicted octanol–water partition coefficient (Wildman–Crippen LogP) is 1.89. The van der Waals surface area contributed by atoms with Crippen molar-refractivity contribution in [1.29, 1.82) is 0 Å². The van der Waals surface area contributed by atoms with Crippen LogP contribution in [0.15, 0.2) is 42.5 Å². The molecule has 0 unspecified atom stereocenters. The van der Waals surface area contributed by atoms with E-state index in [1.54, 1.807) is 6.07 Å². The van der Waals surface area contributed by atoms with Gasteiger partial charge in [-0.05, 0) is 43.0 Å². The Morgan fingerprint density at radius 3 is 2.48 bits per heavy atom. The summed E-state index contributed by atoms with van der Waals surface area (Å²) in [6, 6.07) is 13.8. The van der Waals surface area contributed by atoms with Crippen molar-refractivity contribution >= 4 is 11.8 Å². The molecule has 1 aliphatic carbocycles. The van der Waals surface area contributed by atoms with Crippen molar-refractivity contribution in [1.82, 2.24) is 15.2 Å². The van der Waals surface area contributed by atoms with Crippen LogP contribution in [0.25, 0.3) is 0 Å². The Morgan fingerprint density at radius 1 is 1.08 bits per heavy atom. The Bertz CT molecular complexity index is 808. The van der Waals surface area contributed by atoms with Gasteiger partial charge < -0.3 is 10.2 Å². The molecular formula is C20H21N3O2. The van der Waals surface area contributed by atoms with Crippen LogP contribution < -0.4 is 5.32 Å². The molecule has 0 spiro atoms. The van der Waals surface area contributed by atoms with E-state index in [-0.39, 0.29) is 23.9 Å². The highest BCUT2D eigenvalue weighted by Gasteiger charge is 2.37. The lowest BCUT2D eigenvalue weighted by Gasteiger charge is -2.24. The van der Waals surface area contributed by atoms with E-state index < -0.39 is 0 Å². The number of nitrogens with one attached hydrogen (secondary N) is 1. The molecule has 1 fully saturated rings. The van der Waals surface area contributed by atoms with E-state index >= 15 is 0 Å². The number of likely N-dealkylation sites (tertiary alicyclic amines) is 1. The second kappa shape index (κ2) is 6.31. The quantitative estimate of drug-likeness (QED) is 0.932. The second-order valence-corrected chi connectivity index (χ2v) is 6.92. The Balaban J connectivity index is 1.40. The summed E-state index contributed by atoms with van der Waals surface area (Å²) in [5, 5.41) is 2.96. The minimum absolute atomic E-state index is 0.125. The number of amides is 2. The van der Waals surface area contributed by atoms with Gasteiger partial charge in [0.2, 0.25) is 5.91 Å². The molecule has 5 nitrogen and oxygen atoms in total. The summed E-state index contributed by atoms with van der Waals surface area (Å²) in [7, 11) is 0. The molecule has 25 heavy (non-hydrogen) atoms. The fraction of sp³-hybridized carbons (Fsp3) is 0.350. The Kier molecular flexibility index (Phi) is 3.99. The van der Waals surface area contributed by atoms with Crippen LogP contribution in [0.5, 0.6) is 0 Å². The Morgan fingerprint density at radius 2 is 1.80 bits per heavy atom. The Hall–Kier alpha value is -2.69. The summed E-state index contributed by atoms with van der Waals surface area (Å²) in [6.07, 6.45) is 2.18. The van der Waals surface area contributed by atoms with E-state index in [0.717, 1.165) is 18.5 Å². The van der Waals surface area contributed by atoms with Crippen LogP contribution in [0.3, 0.4) is 0 Å².